The van der Waals surface area contributed by atoms with Crippen LogP contribution in [0.2, 0.25) is 0 Å². The number of nitrogens with one attached hydrogen (secondary N) is 1. The Bertz CT molecular complexity index is 406. The van der Waals surface area contributed by atoms with Gasteiger partial charge in [0.2, 0.25) is 0 Å². The van der Waals surface area contributed by atoms with Crippen molar-refractivity contribution in [3.05, 3.63) is 30.1 Å². The number of nitrogens with zero attached hydrogens (tertiary/aromatic N) is 1. The van der Waals surface area contributed by atoms with Crippen LogP contribution in [0.5, 0.6) is 0 Å². The molecule has 1 aromatic rings. The van der Waals surface area contributed by atoms with Crippen LogP contribution in [0.25, 0.3) is 0 Å². The Hall–Kier alpha value is -0.930. The molecule has 112 valence electrons. The van der Waals surface area contributed by atoms with Crippen LogP contribution in [0.3, 0.4) is 0 Å². The van der Waals surface area contributed by atoms with Gasteiger partial charge >= 0.3 is 0 Å². The van der Waals surface area contributed by atoms with Crippen LogP contribution in [-0.4, -0.2) is 24.2 Å². The molecule has 0 amide bonds. The second-order valence-corrected chi connectivity index (χ2v) is 6.71. The summed E-state index contributed by atoms with van der Waals surface area (Å²) in [6.07, 6.45) is 8.42. The molecule has 1 aliphatic carbocycles. The first-order chi connectivity index (χ1) is 9.53. The summed E-state index contributed by atoms with van der Waals surface area (Å²) in [5.41, 5.74) is 1.57. The lowest BCUT2D eigenvalue weighted by Gasteiger charge is -2.47. The lowest BCUT2D eigenvalue weighted by atomic mass is 9.67. The third kappa shape index (κ3) is 3.21. The zero-order valence-electron chi connectivity index (χ0n) is 13.3. The van der Waals surface area contributed by atoms with E-state index in [1.54, 1.807) is 0 Å². The van der Waals surface area contributed by atoms with Gasteiger partial charge in [-0.1, -0.05) is 26.8 Å². The van der Waals surface area contributed by atoms with Gasteiger partial charge in [0, 0.05) is 19.5 Å². The van der Waals surface area contributed by atoms with Crippen molar-refractivity contribution >= 4 is 0 Å². The van der Waals surface area contributed by atoms with E-state index in [9.17, 15) is 0 Å². The topological polar surface area (TPSA) is 34.2 Å². The lowest BCUT2D eigenvalue weighted by Crippen LogP contribution is -2.49. The largest absolute Gasteiger partial charge is 0.376 e. The second kappa shape index (κ2) is 6.23. The van der Waals surface area contributed by atoms with Gasteiger partial charge in [-0.15, -0.1) is 0 Å². The Labute approximate surface area is 123 Å². The Morgan fingerprint density at radius 2 is 2.00 bits per heavy atom. The third-order valence-electron chi connectivity index (χ3n) is 4.81. The molecule has 2 rings (SSSR count). The molecular weight excluding hydrogens is 248 g/mol. The van der Waals surface area contributed by atoms with Crippen LogP contribution in [0, 0.1) is 5.41 Å². The fraction of sp³-hybridized carbons (Fsp3) is 0.706. The third-order valence-corrected chi connectivity index (χ3v) is 4.81. The van der Waals surface area contributed by atoms with Crippen molar-refractivity contribution in [1.29, 1.82) is 0 Å². The molecule has 1 aromatic heterocycles. The van der Waals surface area contributed by atoms with Crippen LogP contribution in [0.4, 0.5) is 0 Å². The lowest BCUT2D eigenvalue weighted by molar-refractivity contribution is -0.0874. The van der Waals surface area contributed by atoms with E-state index >= 15 is 0 Å². The van der Waals surface area contributed by atoms with Crippen LogP contribution in [0.15, 0.2) is 24.5 Å². The maximum Gasteiger partial charge on any atom is 0.0873 e. The van der Waals surface area contributed by atoms with E-state index in [1.807, 2.05) is 25.6 Å². The molecule has 0 saturated heterocycles. The molecule has 0 spiro atoms. The summed E-state index contributed by atoms with van der Waals surface area (Å²) in [7, 11) is 1.86. The van der Waals surface area contributed by atoms with Crippen molar-refractivity contribution in [2.75, 3.05) is 13.7 Å². The van der Waals surface area contributed by atoms with Gasteiger partial charge in [-0.3, -0.25) is 4.98 Å². The van der Waals surface area contributed by atoms with E-state index in [1.165, 1.54) is 18.4 Å². The van der Waals surface area contributed by atoms with Crippen LogP contribution in [-0.2, 0) is 4.74 Å². The van der Waals surface area contributed by atoms with Crippen molar-refractivity contribution in [3.63, 3.8) is 0 Å². The number of ether oxygens (including phenoxy) is 1. The molecule has 0 radical (unpaired) electrons. The maximum absolute atomic E-state index is 6.05. The van der Waals surface area contributed by atoms with E-state index in [2.05, 4.69) is 37.1 Å². The van der Waals surface area contributed by atoms with E-state index in [-0.39, 0.29) is 11.6 Å². The van der Waals surface area contributed by atoms with E-state index < -0.39 is 0 Å². The quantitative estimate of drug-likeness (QED) is 0.890. The Balaban J connectivity index is 2.26. The Morgan fingerprint density at radius 1 is 1.30 bits per heavy atom. The molecule has 1 aliphatic rings. The average molecular weight is 276 g/mol. The summed E-state index contributed by atoms with van der Waals surface area (Å²) in [5, 5.41) is 3.62. The van der Waals surface area contributed by atoms with Crippen LogP contribution < -0.4 is 5.32 Å². The standard InChI is InChI=1S/C17H28N2O/c1-5-19-15(14-7-6-12-18-13-14)17(20-4)10-8-16(2,3)9-11-17/h6-7,12-13,15,19H,5,8-11H2,1-4H3. The van der Waals surface area contributed by atoms with Crippen molar-refractivity contribution < 1.29 is 4.74 Å². The molecule has 1 N–H and O–H groups in total. The molecule has 0 aliphatic heterocycles. The van der Waals surface area contributed by atoms with Gasteiger partial charge in [-0.05, 0) is 49.3 Å². The molecule has 1 fully saturated rings. The van der Waals surface area contributed by atoms with Gasteiger partial charge < -0.3 is 10.1 Å². The molecule has 3 heteroatoms. The van der Waals surface area contributed by atoms with Gasteiger partial charge in [0.05, 0.1) is 11.6 Å². The Kier molecular flexibility index (Phi) is 4.82. The first-order valence-corrected chi connectivity index (χ1v) is 7.71. The van der Waals surface area contributed by atoms with Gasteiger partial charge in [-0.25, -0.2) is 0 Å². The number of aromatic nitrogens is 1. The zero-order valence-corrected chi connectivity index (χ0v) is 13.3. The van der Waals surface area contributed by atoms with Crippen molar-refractivity contribution in [2.24, 2.45) is 5.41 Å². The molecule has 3 nitrogen and oxygen atoms in total. The number of methoxy groups -OCH3 is 1. The summed E-state index contributed by atoms with van der Waals surface area (Å²) in [5.74, 6) is 0. The molecule has 1 unspecified atom stereocenters. The minimum Gasteiger partial charge on any atom is -0.376 e. The van der Waals surface area contributed by atoms with Crippen LogP contribution >= 0.6 is 0 Å². The van der Waals surface area contributed by atoms with Crippen molar-refractivity contribution in [2.45, 2.75) is 58.1 Å². The summed E-state index contributed by atoms with van der Waals surface area (Å²) in [6, 6.07) is 4.39. The molecule has 1 atom stereocenters. The first-order valence-electron chi connectivity index (χ1n) is 7.71. The number of pyridine rings is 1. The van der Waals surface area contributed by atoms with E-state index in [0.717, 1.165) is 19.4 Å². The van der Waals surface area contributed by atoms with Gasteiger partial charge in [0.25, 0.3) is 0 Å². The monoisotopic (exact) mass is 276 g/mol. The molecule has 1 saturated carbocycles. The first kappa shape index (κ1) is 15.5. The van der Waals surface area contributed by atoms with Crippen molar-refractivity contribution in [3.8, 4) is 0 Å². The zero-order chi connectivity index (χ0) is 14.6. The smallest absolute Gasteiger partial charge is 0.0873 e. The Morgan fingerprint density at radius 3 is 2.50 bits per heavy atom. The van der Waals surface area contributed by atoms with Crippen molar-refractivity contribution in [1.82, 2.24) is 10.3 Å². The maximum atomic E-state index is 6.05. The minimum absolute atomic E-state index is 0.103. The van der Waals surface area contributed by atoms with Crippen LogP contribution in [0.1, 0.15) is 58.1 Å². The van der Waals surface area contributed by atoms with E-state index in [4.69, 9.17) is 4.74 Å². The number of likely N-dealkylation sites (N-methyl/N-ethyl adjacent to an activating group) is 1. The summed E-state index contributed by atoms with van der Waals surface area (Å²) in [6.45, 7) is 7.81. The fourth-order valence-corrected chi connectivity index (χ4v) is 3.32. The number of hydrogen-bond donors (Lipinski definition) is 1. The number of hydrogen-bond acceptors (Lipinski definition) is 3. The molecule has 0 aromatic carbocycles. The number of rotatable bonds is 5. The predicted octanol–water partition coefficient (Wildman–Crippen LogP) is 3.72. The van der Waals surface area contributed by atoms with E-state index in [0.29, 0.717) is 5.41 Å². The minimum atomic E-state index is -0.103. The average Bonchev–Trinajstić information content (AvgIpc) is 2.47. The molecule has 1 heterocycles. The predicted molar refractivity (Wildman–Crippen MR) is 82.6 cm³/mol. The molecule has 0 bridgehead atoms. The summed E-state index contributed by atoms with van der Waals surface area (Å²) < 4.78 is 6.05. The SMILES string of the molecule is CCNC(c1cccnc1)C1(OC)CCC(C)(C)CC1. The highest BCUT2D eigenvalue weighted by Crippen LogP contribution is 2.47. The fourth-order valence-electron chi connectivity index (χ4n) is 3.32. The highest BCUT2D eigenvalue weighted by Gasteiger charge is 2.44. The second-order valence-electron chi connectivity index (χ2n) is 6.71. The molecule has 20 heavy (non-hydrogen) atoms. The highest BCUT2D eigenvalue weighted by atomic mass is 16.5. The van der Waals surface area contributed by atoms with Gasteiger partial charge in [0.1, 0.15) is 0 Å². The highest BCUT2D eigenvalue weighted by molar-refractivity contribution is 5.19. The summed E-state index contributed by atoms with van der Waals surface area (Å²) in [4.78, 5) is 4.28. The van der Waals surface area contributed by atoms with Gasteiger partial charge in [0.15, 0.2) is 0 Å². The normalized spacial score (nSPS) is 22.4. The van der Waals surface area contributed by atoms with Gasteiger partial charge in [-0.2, -0.15) is 0 Å². The summed E-state index contributed by atoms with van der Waals surface area (Å²) >= 11 is 0. The molecular formula is C17H28N2O.